The number of carbonyl (C=O) groups is 3. The number of phosphoric acid groups is 1. The first-order valence-electron chi connectivity index (χ1n) is 21.2. The Hall–Kier alpha value is -1.78. The first-order chi connectivity index (χ1) is 25.6. The number of nitrogens with two attached hydrogens (primary N) is 1. The number of unbranched alkanes of at least 4 members (excludes halogenated alkanes) is 24. The molecule has 0 saturated carbocycles. The van der Waals surface area contributed by atoms with Crippen molar-refractivity contribution in [3.63, 3.8) is 0 Å². The van der Waals surface area contributed by atoms with Crippen LogP contribution in [-0.4, -0.2) is 59.9 Å². The molecule has 0 aliphatic rings. The minimum absolute atomic E-state index is 0.163. The van der Waals surface area contributed by atoms with Crippen LogP contribution in [0.5, 0.6) is 0 Å². The van der Waals surface area contributed by atoms with Gasteiger partial charge in [0.1, 0.15) is 12.6 Å². The van der Waals surface area contributed by atoms with Crippen molar-refractivity contribution in [2.45, 2.75) is 212 Å². The van der Waals surface area contributed by atoms with Gasteiger partial charge in [0.05, 0.1) is 13.2 Å². The summed E-state index contributed by atoms with van der Waals surface area (Å²) >= 11 is 0. The number of hydrogen-bond donors (Lipinski definition) is 3. The summed E-state index contributed by atoms with van der Waals surface area (Å²) in [6.07, 6.45) is 35.7. The average molecular weight is 776 g/mol. The molecule has 0 aromatic heterocycles. The molecule has 0 aliphatic carbocycles. The maximum atomic E-state index is 12.6. The highest BCUT2D eigenvalue weighted by atomic mass is 31.2. The molecule has 0 amide bonds. The summed E-state index contributed by atoms with van der Waals surface area (Å²) in [7, 11) is -4.71. The Balaban J connectivity index is 4.30. The predicted octanol–water partition coefficient (Wildman–Crippen LogP) is 10.9. The number of ether oxygens (including phenoxy) is 2. The number of carboxylic acids is 1. The van der Waals surface area contributed by atoms with E-state index >= 15 is 0 Å². The number of carboxylic acid groups (broad SMARTS) is 1. The number of esters is 2. The molecule has 0 fully saturated rings. The summed E-state index contributed by atoms with van der Waals surface area (Å²) < 4.78 is 32.6. The molecule has 0 bridgehead atoms. The third kappa shape index (κ3) is 36.9. The number of hydrogen-bond acceptors (Lipinski definition) is 9. The summed E-state index contributed by atoms with van der Waals surface area (Å²) in [6.45, 7) is 2.79. The maximum absolute atomic E-state index is 12.6. The minimum atomic E-state index is -4.71. The lowest BCUT2D eigenvalue weighted by Crippen LogP contribution is -2.34. The highest BCUT2D eigenvalue weighted by Crippen LogP contribution is 2.43. The second kappa shape index (κ2) is 37.2. The van der Waals surface area contributed by atoms with Crippen LogP contribution in [0.25, 0.3) is 0 Å². The standard InChI is InChI=1S/C41H78NO10P/c1-3-5-7-9-11-13-15-16-17-18-19-20-21-22-23-25-27-29-31-33-40(44)52-37(35-50-53(47,48)51-36-38(42)41(45)46)34-49-39(43)32-30-28-26-24-14-12-10-8-6-4-2/h16-17,37-38H,3-15,18-36,42H2,1-2H3,(H,45,46)(H,47,48)/b17-16-. The summed E-state index contributed by atoms with van der Waals surface area (Å²) in [4.78, 5) is 45.8. The van der Waals surface area contributed by atoms with Crippen molar-refractivity contribution >= 4 is 25.7 Å². The molecule has 0 radical (unpaired) electrons. The van der Waals surface area contributed by atoms with Gasteiger partial charge < -0.3 is 25.2 Å². The van der Waals surface area contributed by atoms with E-state index in [-0.39, 0.29) is 19.4 Å². The monoisotopic (exact) mass is 776 g/mol. The Morgan fingerprint density at radius 3 is 1.38 bits per heavy atom. The second-order valence-electron chi connectivity index (χ2n) is 14.5. The maximum Gasteiger partial charge on any atom is 0.472 e. The topological polar surface area (TPSA) is 172 Å². The van der Waals surface area contributed by atoms with E-state index in [2.05, 4.69) is 30.5 Å². The fraction of sp³-hybridized carbons (Fsp3) is 0.878. The van der Waals surface area contributed by atoms with Crippen LogP contribution < -0.4 is 5.73 Å². The summed E-state index contributed by atoms with van der Waals surface area (Å²) in [5, 5.41) is 8.87. The molecular formula is C41H78NO10P. The zero-order valence-corrected chi connectivity index (χ0v) is 34.5. The number of carbonyl (C=O) groups excluding carboxylic acids is 2. The molecule has 0 spiro atoms. The molecule has 53 heavy (non-hydrogen) atoms. The van der Waals surface area contributed by atoms with Crippen molar-refractivity contribution in [2.24, 2.45) is 5.73 Å². The first-order valence-corrected chi connectivity index (χ1v) is 22.7. The molecule has 0 aromatic rings. The Morgan fingerprint density at radius 2 is 0.943 bits per heavy atom. The van der Waals surface area contributed by atoms with Gasteiger partial charge in [0.15, 0.2) is 6.10 Å². The third-order valence-electron chi connectivity index (χ3n) is 9.26. The Kier molecular flexibility index (Phi) is 35.9. The highest BCUT2D eigenvalue weighted by Gasteiger charge is 2.28. The molecule has 0 heterocycles. The summed E-state index contributed by atoms with van der Waals surface area (Å²) in [5.74, 6) is -2.37. The number of allylic oxidation sites excluding steroid dienone is 2. The molecule has 0 aromatic carbocycles. The van der Waals surface area contributed by atoms with Crippen molar-refractivity contribution in [1.29, 1.82) is 0 Å². The lowest BCUT2D eigenvalue weighted by molar-refractivity contribution is -0.161. The van der Waals surface area contributed by atoms with Crippen LogP contribution >= 0.6 is 7.82 Å². The minimum Gasteiger partial charge on any atom is -0.480 e. The van der Waals surface area contributed by atoms with Crippen LogP contribution in [0, 0.1) is 0 Å². The van der Waals surface area contributed by atoms with E-state index in [4.69, 9.17) is 24.8 Å². The number of aliphatic carboxylic acids is 1. The number of rotatable bonds is 40. The predicted molar refractivity (Wildman–Crippen MR) is 213 cm³/mol. The van der Waals surface area contributed by atoms with Crippen LogP contribution in [0.1, 0.15) is 200 Å². The van der Waals surface area contributed by atoms with Crippen LogP contribution in [0.3, 0.4) is 0 Å². The van der Waals surface area contributed by atoms with Gasteiger partial charge in [-0.2, -0.15) is 0 Å². The molecule has 11 nitrogen and oxygen atoms in total. The van der Waals surface area contributed by atoms with Gasteiger partial charge in [-0.15, -0.1) is 0 Å². The Morgan fingerprint density at radius 1 is 0.566 bits per heavy atom. The van der Waals surface area contributed by atoms with Crippen molar-refractivity contribution < 1.29 is 47.5 Å². The van der Waals surface area contributed by atoms with E-state index < -0.39 is 51.1 Å². The van der Waals surface area contributed by atoms with Crippen molar-refractivity contribution in [1.82, 2.24) is 0 Å². The molecule has 3 atom stereocenters. The summed E-state index contributed by atoms with van der Waals surface area (Å²) in [5.41, 5.74) is 5.32. The molecular weight excluding hydrogens is 697 g/mol. The molecule has 0 aliphatic heterocycles. The largest absolute Gasteiger partial charge is 0.480 e. The van der Waals surface area contributed by atoms with Gasteiger partial charge in [0, 0.05) is 12.8 Å². The van der Waals surface area contributed by atoms with E-state index in [9.17, 15) is 23.8 Å². The first kappa shape index (κ1) is 51.2. The van der Waals surface area contributed by atoms with Crippen LogP contribution in [0.2, 0.25) is 0 Å². The van der Waals surface area contributed by atoms with E-state index in [0.717, 1.165) is 38.5 Å². The van der Waals surface area contributed by atoms with Gasteiger partial charge in [0.25, 0.3) is 0 Å². The van der Waals surface area contributed by atoms with Crippen molar-refractivity contribution in [3.8, 4) is 0 Å². The van der Waals surface area contributed by atoms with Crippen LogP contribution in [0.4, 0.5) is 0 Å². The van der Waals surface area contributed by atoms with E-state index in [0.29, 0.717) is 12.8 Å². The molecule has 3 unspecified atom stereocenters. The quantitative estimate of drug-likeness (QED) is 0.0234. The van der Waals surface area contributed by atoms with Gasteiger partial charge in [-0.25, -0.2) is 4.57 Å². The SMILES string of the molecule is CCCCCCCC/C=C\CCCCCCCCCCCC(=O)OC(COC(=O)CCCCCCCCCCCC)COP(=O)(O)OCC(N)C(=O)O. The molecule has 0 rings (SSSR count). The Bertz CT molecular complexity index is 963. The van der Waals surface area contributed by atoms with Crippen LogP contribution in [-0.2, 0) is 37.5 Å². The second-order valence-corrected chi connectivity index (χ2v) is 15.9. The van der Waals surface area contributed by atoms with Crippen LogP contribution in [0.15, 0.2) is 12.2 Å². The third-order valence-corrected chi connectivity index (χ3v) is 10.2. The number of phosphoric ester groups is 1. The average Bonchev–Trinajstić information content (AvgIpc) is 3.13. The van der Waals surface area contributed by atoms with Gasteiger partial charge in [-0.3, -0.25) is 23.4 Å². The fourth-order valence-electron chi connectivity index (χ4n) is 5.88. The van der Waals surface area contributed by atoms with Gasteiger partial charge in [0.2, 0.25) is 0 Å². The highest BCUT2D eigenvalue weighted by molar-refractivity contribution is 7.47. The molecule has 4 N–H and O–H groups in total. The molecule has 12 heteroatoms. The van der Waals surface area contributed by atoms with Crippen molar-refractivity contribution in [3.05, 3.63) is 12.2 Å². The zero-order chi connectivity index (χ0) is 39.3. The fourth-order valence-corrected chi connectivity index (χ4v) is 6.66. The summed E-state index contributed by atoms with van der Waals surface area (Å²) in [6, 6.07) is -1.52. The van der Waals surface area contributed by atoms with E-state index in [1.165, 1.54) is 122 Å². The van der Waals surface area contributed by atoms with E-state index in [1.807, 2.05) is 0 Å². The normalized spacial score (nSPS) is 13.9. The van der Waals surface area contributed by atoms with Crippen molar-refractivity contribution in [2.75, 3.05) is 19.8 Å². The van der Waals surface area contributed by atoms with Gasteiger partial charge >= 0.3 is 25.7 Å². The van der Waals surface area contributed by atoms with E-state index in [1.54, 1.807) is 0 Å². The molecule has 312 valence electrons. The van der Waals surface area contributed by atoms with Gasteiger partial charge in [-0.1, -0.05) is 161 Å². The molecule has 0 saturated heterocycles. The Labute approximate surface area is 322 Å². The zero-order valence-electron chi connectivity index (χ0n) is 33.6. The lowest BCUT2D eigenvalue weighted by Gasteiger charge is -2.20. The lowest BCUT2D eigenvalue weighted by atomic mass is 10.1. The smallest absolute Gasteiger partial charge is 0.472 e. The van der Waals surface area contributed by atoms with Gasteiger partial charge in [-0.05, 0) is 38.5 Å².